The molecule has 0 spiro atoms. The number of rotatable bonds is 0. The van der Waals surface area contributed by atoms with Gasteiger partial charge in [-0.15, -0.1) is 5.56 Å². The first-order valence-electron chi connectivity index (χ1n) is 6.20. The average molecular weight is 352 g/mol. The topological polar surface area (TPSA) is 0 Å². The van der Waals surface area contributed by atoms with E-state index < -0.39 is 0 Å². The molecule has 0 radical (unpaired) electrons. The minimum absolute atomic E-state index is 0. The van der Waals surface area contributed by atoms with Crippen molar-refractivity contribution in [3.63, 3.8) is 0 Å². The van der Waals surface area contributed by atoms with Crippen LogP contribution in [0.2, 0.25) is 0 Å². The van der Waals surface area contributed by atoms with Crippen LogP contribution >= 0.6 is 0 Å². The molecule has 104 valence electrons. The third-order valence-electron chi connectivity index (χ3n) is 3.17. The van der Waals surface area contributed by atoms with E-state index in [1.54, 1.807) is 0 Å². The molecule has 0 aromatic heterocycles. The van der Waals surface area contributed by atoms with Crippen molar-refractivity contribution >= 4 is 0 Å². The fraction of sp³-hybridized carbons (Fsp3) is 0.0500. The largest absolute Gasteiger partial charge is 4.00 e. The maximum atomic E-state index is 3.30. The standard InChI is InChI=1S/C13H9.C5H5.2CH3.Zr/c1-3-7-12-10(5-1)9-11-6-2-4-8-13(11)12;1-2-4-5-3-1;;;/h1-5,7-8H,9H2;1-5H;2*1H3;/q4*-1;+4. The molecule has 0 heterocycles. The number of hydrogen-bond acceptors (Lipinski definition) is 0. The Hall–Kier alpha value is -1.33. The van der Waals surface area contributed by atoms with Gasteiger partial charge in [0.25, 0.3) is 0 Å². The van der Waals surface area contributed by atoms with E-state index in [9.17, 15) is 0 Å². The van der Waals surface area contributed by atoms with Crippen LogP contribution in [0.25, 0.3) is 11.1 Å². The molecule has 0 aliphatic heterocycles. The summed E-state index contributed by atoms with van der Waals surface area (Å²) in [5.41, 5.74) is 5.51. The Bertz CT molecular complexity index is 563. The molecule has 0 N–H and O–H groups in total. The van der Waals surface area contributed by atoms with Gasteiger partial charge in [0.2, 0.25) is 0 Å². The Morgan fingerprint density at radius 2 is 1.48 bits per heavy atom. The van der Waals surface area contributed by atoms with Gasteiger partial charge < -0.3 is 14.9 Å². The number of fused-ring (bicyclic) bond motifs is 3. The Morgan fingerprint density at radius 3 is 2.14 bits per heavy atom. The molecule has 0 unspecified atom stereocenters. The van der Waals surface area contributed by atoms with E-state index in [4.69, 9.17) is 0 Å². The SMILES string of the molecule is [CH3-].[CH3-].[Zr+4].[c-]1cccc2c1Cc1ccccc1-2.c1cc[cH-]c1. The van der Waals surface area contributed by atoms with Crippen LogP contribution in [-0.2, 0) is 32.6 Å². The van der Waals surface area contributed by atoms with Crippen LogP contribution < -0.4 is 0 Å². The van der Waals surface area contributed by atoms with Crippen molar-refractivity contribution in [3.05, 3.63) is 105 Å². The average Bonchev–Trinajstić information content (AvgIpc) is 3.10. The summed E-state index contributed by atoms with van der Waals surface area (Å²) >= 11 is 0. The molecule has 21 heavy (non-hydrogen) atoms. The third-order valence-corrected chi connectivity index (χ3v) is 3.17. The molecular formula is C20H20Zr. The quantitative estimate of drug-likeness (QED) is 0.374. The number of hydrogen-bond donors (Lipinski definition) is 0. The van der Waals surface area contributed by atoms with E-state index in [0.717, 1.165) is 6.42 Å². The molecule has 0 amide bonds. The number of benzene rings is 2. The van der Waals surface area contributed by atoms with Crippen LogP contribution in [0.1, 0.15) is 11.1 Å². The summed E-state index contributed by atoms with van der Waals surface area (Å²) in [6.45, 7) is 0. The normalized spacial score (nSPS) is 9.52. The first-order valence-corrected chi connectivity index (χ1v) is 6.20. The Labute approximate surface area is 148 Å². The van der Waals surface area contributed by atoms with Crippen LogP contribution in [-0.4, -0.2) is 0 Å². The molecule has 0 nitrogen and oxygen atoms in total. The molecule has 3 aromatic rings. The summed E-state index contributed by atoms with van der Waals surface area (Å²) < 4.78 is 0. The van der Waals surface area contributed by atoms with Crippen LogP contribution in [0.5, 0.6) is 0 Å². The fourth-order valence-corrected chi connectivity index (χ4v) is 2.32. The first-order chi connectivity index (χ1) is 8.95. The Kier molecular flexibility index (Phi) is 8.98. The van der Waals surface area contributed by atoms with Gasteiger partial charge in [-0.05, 0) is 6.42 Å². The smallest absolute Gasteiger partial charge is 0.358 e. The second-order valence-corrected chi connectivity index (χ2v) is 4.36. The predicted octanol–water partition coefficient (Wildman–Crippen LogP) is 5.36. The molecule has 3 aromatic carbocycles. The van der Waals surface area contributed by atoms with E-state index in [1.165, 1.54) is 22.3 Å². The van der Waals surface area contributed by atoms with Gasteiger partial charge in [-0.2, -0.15) is 48.0 Å². The molecule has 0 bridgehead atoms. The van der Waals surface area contributed by atoms with Crippen molar-refractivity contribution in [1.82, 2.24) is 0 Å². The minimum Gasteiger partial charge on any atom is -0.358 e. The molecule has 1 aliphatic rings. The van der Waals surface area contributed by atoms with Crippen molar-refractivity contribution in [2.45, 2.75) is 6.42 Å². The maximum absolute atomic E-state index is 3.30. The van der Waals surface area contributed by atoms with Gasteiger partial charge in [0.05, 0.1) is 0 Å². The van der Waals surface area contributed by atoms with Gasteiger partial charge in [0, 0.05) is 0 Å². The summed E-state index contributed by atoms with van der Waals surface area (Å²) in [5, 5.41) is 0. The van der Waals surface area contributed by atoms with Crippen molar-refractivity contribution in [1.29, 1.82) is 0 Å². The maximum Gasteiger partial charge on any atom is 4.00 e. The van der Waals surface area contributed by atoms with Gasteiger partial charge in [0.15, 0.2) is 0 Å². The summed E-state index contributed by atoms with van der Waals surface area (Å²) in [6.07, 6.45) is 1.05. The zero-order valence-corrected chi connectivity index (χ0v) is 15.1. The summed E-state index contributed by atoms with van der Waals surface area (Å²) in [4.78, 5) is 0. The molecule has 0 saturated heterocycles. The Morgan fingerprint density at radius 1 is 0.810 bits per heavy atom. The van der Waals surface area contributed by atoms with Gasteiger partial charge >= 0.3 is 26.2 Å². The zero-order valence-electron chi connectivity index (χ0n) is 12.6. The van der Waals surface area contributed by atoms with Crippen molar-refractivity contribution in [3.8, 4) is 11.1 Å². The van der Waals surface area contributed by atoms with Crippen LogP contribution in [0.4, 0.5) is 0 Å². The molecule has 0 saturated carbocycles. The zero-order chi connectivity index (χ0) is 12.2. The van der Waals surface area contributed by atoms with Crippen molar-refractivity contribution in [2.75, 3.05) is 0 Å². The second kappa shape index (κ2) is 9.58. The van der Waals surface area contributed by atoms with E-state index in [0.29, 0.717) is 0 Å². The molecule has 1 heteroatoms. The summed E-state index contributed by atoms with van der Waals surface area (Å²) in [7, 11) is 0. The van der Waals surface area contributed by atoms with E-state index in [-0.39, 0.29) is 41.1 Å². The summed E-state index contributed by atoms with van der Waals surface area (Å²) in [6, 6.07) is 28.1. The second-order valence-electron chi connectivity index (χ2n) is 4.36. The van der Waals surface area contributed by atoms with Crippen LogP contribution in [0, 0.1) is 20.9 Å². The van der Waals surface area contributed by atoms with Gasteiger partial charge in [-0.3, -0.25) is 0 Å². The molecule has 0 fully saturated rings. The predicted molar refractivity (Wildman–Crippen MR) is 88.4 cm³/mol. The van der Waals surface area contributed by atoms with Gasteiger partial charge in [-0.1, -0.05) is 35.4 Å². The van der Waals surface area contributed by atoms with Crippen LogP contribution in [0.15, 0.2) is 72.8 Å². The van der Waals surface area contributed by atoms with Crippen LogP contribution in [0.3, 0.4) is 0 Å². The molecule has 4 rings (SSSR count). The molecular weight excluding hydrogens is 331 g/mol. The molecule has 1 aliphatic carbocycles. The van der Waals surface area contributed by atoms with Crippen molar-refractivity contribution < 1.29 is 26.2 Å². The van der Waals surface area contributed by atoms with E-state index >= 15 is 0 Å². The Balaban J connectivity index is 0.000000437. The fourth-order valence-electron chi connectivity index (χ4n) is 2.32. The molecule has 0 atom stereocenters. The first kappa shape index (κ1) is 19.7. The van der Waals surface area contributed by atoms with Crippen molar-refractivity contribution in [2.24, 2.45) is 0 Å². The summed E-state index contributed by atoms with van der Waals surface area (Å²) in [5.74, 6) is 0. The van der Waals surface area contributed by atoms with Gasteiger partial charge in [0.1, 0.15) is 0 Å². The van der Waals surface area contributed by atoms with E-state index in [1.807, 2.05) is 36.4 Å². The van der Waals surface area contributed by atoms with E-state index in [2.05, 4.69) is 42.5 Å². The monoisotopic (exact) mass is 350 g/mol. The third kappa shape index (κ3) is 4.58. The minimum atomic E-state index is 0. The van der Waals surface area contributed by atoms with Gasteiger partial charge in [-0.25, -0.2) is 12.1 Å².